The molecule has 142 valence electrons. The summed E-state index contributed by atoms with van der Waals surface area (Å²) >= 11 is 0. The van der Waals surface area contributed by atoms with E-state index in [4.69, 9.17) is 5.73 Å². The van der Waals surface area contributed by atoms with Crippen LogP contribution in [0.15, 0.2) is 24.3 Å². The van der Waals surface area contributed by atoms with Crippen LogP contribution >= 0.6 is 0 Å². The third-order valence-electron chi connectivity index (χ3n) is 5.25. The summed E-state index contributed by atoms with van der Waals surface area (Å²) < 4.78 is 0. The molecule has 2 N–H and O–H groups in total. The van der Waals surface area contributed by atoms with Crippen molar-refractivity contribution in [2.75, 3.05) is 12.3 Å². The zero-order chi connectivity index (χ0) is 18.7. The quantitative estimate of drug-likeness (QED) is 0.479. The van der Waals surface area contributed by atoms with E-state index in [2.05, 4.69) is 32.6 Å². The summed E-state index contributed by atoms with van der Waals surface area (Å²) in [5, 5.41) is 0. The number of para-hydroxylation sites is 1. The van der Waals surface area contributed by atoms with Crippen LogP contribution in [0.1, 0.15) is 89.4 Å². The van der Waals surface area contributed by atoms with Crippen molar-refractivity contribution in [1.82, 2.24) is 4.90 Å². The topological polar surface area (TPSA) is 46.3 Å². The number of amides is 1. The number of carbonyl (C=O) groups is 1. The highest BCUT2D eigenvalue weighted by Crippen LogP contribution is 2.23. The lowest BCUT2D eigenvalue weighted by Gasteiger charge is -2.34. The van der Waals surface area contributed by atoms with Crippen LogP contribution in [-0.4, -0.2) is 23.4 Å². The average Bonchev–Trinajstić information content (AvgIpc) is 2.63. The monoisotopic (exact) mass is 346 g/mol. The van der Waals surface area contributed by atoms with Crippen molar-refractivity contribution in [2.24, 2.45) is 5.92 Å². The molecule has 0 spiro atoms. The Morgan fingerprint density at radius 3 is 2.20 bits per heavy atom. The first-order chi connectivity index (χ1) is 12.1. The van der Waals surface area contributed by atoms with Gasteiger partial charge in [-0.25, -0.2) is 0 Å². The predicted octanol–water partition coefficient (Wildman–Crippen LogP) is 5.90. The summed E-state index contributed by atoms with van der Waals surface area (Å²) in [6, 6.07) is 7.80. The van der Waals surface area contributed by atoms with Gasteiger partial charge in [0.25, 0.3) is 5.91 Å². The standard InChI is InChI=1S/C22H38N2O/c1-5-9-13-18(7-3)17-24(19(8-4)14-10-6-2)22(25)20-15-11-12-16-21(20)23/h11-12,15-16,18-19H,5-10,13-14,17,23H2,1-4H3. The van der Waals surface area contributed by atoms with E-state index in [-0.39, 0.29) is 5.91 Å². The molecular formula is C22H38N2O. The number of nitrogens with zero attached hydrogens (tertiary/aromatic N) is 1. The van der Waals surface area contributed by atoms with E-state index in [1.165, 1.54) is 25.7 Å². The molecule has 0 aliphatic rings. The summed E-state index contributed by atoms with van der Waals surface area (Å²) in [5.41, 5.74) is 7.34. The molecule has 1 aromatic rings. The van der Waals surface area contributed by atoms with Gasteiger partial charge in [0.15, 0.2) is 0 Å². The van der Waals surface area contributed by atoms with E-state index in [0.717, 1.165) is 32.2 Å². The predicted molar refractivity (Wildman–Crippen MR) is 109 cm³/mol. The number of anilines is 1. The minimum absolute atomic E-state index is 0.107. The summed E-state index contributed by atoms with van der Waals surface area (Å²) in [7, 11) is 0. The number of carbonyl (C=O) groups excluding carboxylic acids is 1. The first-order valence-electron chi connectivity index (χ1n) is 10.2. The number of rotatable bonds is 12. The Kier molecular flexibility index (Phi) is 10.3. The first-order valence-corrected chi connectivity index (χ1v) is 10.2. The zero-order valence-corrected chi connectivity index (χ0v) is 16.8. The van der Waals surface area contributed by atoms with Crippen LogP contribution in [0.3, 0.4) is 0 Å². The van der Waals surface area contributed by atoms with Crippen molar-refractivity contribution in [2.45, 2.75) is 85.1 Å². The Balaban J connectivity index is 3.04. The smallest absolute Gasteiger partial charge is 0.256 e. The second-order valence-electron chi connectivity index (χ2n) is 7.17. The highest BCUT2D eigenvalue weighted by molar-refractivity contribution is 5.99. The van der Waals surface area contributed by atoms with Crippen molar-refractivity contribution in [3.8, 4) is 0 Å². The van der Waals surface area contributed by atoms with E-state index in [9.17, 15) is 4.79 Å². The zero-order valence-electron chi connectivity index (χ0n) is 16.8. The largest absolute Gasteiger partial charge is 0.398 e. The normalized spacial score (nSPS) is 13.4. The Morgan fingerprint density at radius 1 is 1.00 bits per heavy atom. The molecule has 1 aromatic carbocycles. The number of nitrogen functional groups attached to an aromatic ring is 1. The molecule has 2 unspecified atom stereocenters. The molecule has 0 saturated carbocycles. The Labute approximate surface area is 155 Å². The molecule has 2 atom stereocenters. The van der Waals surface area contributed by atoms with Gasteiger partial charge < -0.3 is 10.6 Å². The van der Waals surface area contributed by atoms with Gasteiger partial charge in [0.05, 0.1) is 5.56 Å². The average molecular weight is 347 g/mol. The Morgan fingerprint density at radius 2 is 1.64 bits per heavy atom. The summed E-state index contributed by atoms with van der Waals surface area (Å²) in [5.74, 6) is 0.681. The van der Waals surface area contributed by atoms with Crippen LogP contribution in [0.5, 0.6) is 0 Å². The second kappa shape index (κ2) is 11.9. The van der Waals surface area contributed by atoms with Gasteiger partial charge in [-0.2, -0.15) is 0 Å². The van der Waals surface area contributed by atoms with Gasteiger partial charge in [0, 0.05) is 18.3 Å². The molecule has 3 heteroatoms. The molecule has 0 aliphatic carbocycles. The minimum Gasteiger partial charge on any atom is -0.398 e. The number of nitrogens with two attached hydrogens (primary N) is 1. The molecule has 0 fully saturated rings. The van der Waals surface area contributed by atoms with Crippen molar-refractivity contribution in [3.63, 3.8) is 0 Å². The number of hydrogen-bond donors (Lipinski definition) is 1. The van der Waals surface area contributed by atoms with E-state index in [1.807, 2.05) is 24.3 Å². The van der Waals surface area contributed by atoms with E-state index >= 15 is 0 Å². The molecule has 0 bridgehead atoms. The lowest BCUT2D eigenvalue weighted by atomic mass is 9.95. The maximum atomic E-state index is 13.3. The van der Waals surface area contributed by atoms with Crippen LogP contribution in [0, 0.1) is 5.92 Å². The maximum absolute atomic E-state index is 13.3. The van der Waals surface area contributed by atoms with Crippen LogP contribution < -0.4 is 5.73 Å². The molecule has 0 aromatic heterocycles. The summed E-state index contributed by atoms with van der Waals surface area (Å²) in [4.78, 5) is 15.4. The Hall–Kier alpha value is -1.51. The van der Waals surface area contributed by atoms with Crippen LogP contribution in [-0.2, 0) is 0 Å². The van der Waals surface area contributed by atoms with Gasteiger partial charge in [-0.05, 0) is 37.3 Å². The lowest BCUT2D eigenvalue weighted by Crippen LogP contribution is -2.43. The van der Waals surface area contributed by atoms with Crippen LogP contribution in [0.25, 0.3) is 0 Å². The van der Waals surface area contributed by atoms with Gasteiger partial charge in [0.1, 0.15) is 0 Å². The fraction of sp³-hybridized carbons (Fsp3) is 0.682. The Bertz CT molecular complexity index is 501. The van der Waals surface area contributed by atoms with Crippen LogP contribution in [0.2, 0.25) is 0 Å². The maximum Gasteiger partial charge on any atom is 0.256 e. The summed E-state index contributed by atoms with van der Waals surface area (Å²) in [6.07, 6.45) is 9.18. The van der Waals surface area contributed by atoms with Gasteiger partial charge in [0.2, 0.25) is 0 Å². The number of benzene rings is 1. The molecule has 0 aliphatic heterocycles. The summed E-state index contributed by atoms with van der Waals surface area (Å²) in [6.45, 7) is 9.74. The third-order valence-corrected chi connectivity index (χ3v) is 5.25. The van der Waals surface area contributed by atoms with Crippen molar-refractivity contribution in [1.29, 1.82) is 0 Å². The molecule has 3 nitrogen and oxygen atoms in total. The molecule has 1 amide bonds. The first kappa shape index (κ1) is 21.5. The van der Waals surface area contributed by atoms with E-state index < -0.39 is 0 Å². The lowest BCUT2D eigenvalue weighted by molar-refractivity contribution is 0.0614. The SMILES string of the molecule is CCCCC(CC)CN(C(=O)c1ccccc1N)C(CC)CCCC. The fourth-order valence-electron chi connectivity index (χ4n) is 3.46. The highest BCUT2D eigenvalue weighted by Gasteiger charge is 2.26. The van der Waals surface area contributed by atoms with Gasteiger partial charge in [-0.15, -0.1) is 0 Å². The minimum atomic E-state index is 0.107. The van der Waals surface area contributed by atoms with Crippen molar-refractivity contribution in [3.05, 3.63) is 29.8 Å². The molecule has 0 heterocycles. The molecule has 25 heavy (non-hydrogen) atoms. The van der Waals surface area contributed by atoms with Crippen molar-refractivity contribution >= 4 is 11.6 Å². The van der Waals surface area contributed by atoms with E-state index in [1.54, 1.807) is 0 Å². The fourth-order valence-corrected chi connectivity index (χ4v) is 3.46. The van der Waals surface area contributed by atoms with Gasteiger partial charge in [-0.3, -0.25) is 4.79 Å². The highest BCUT2D eigenvalue weighted by atomic mass is 16.2. The molecule has 1 rings (SSSR count). The van der Waals surface area contributed by atoms with Crippen LogP contribution in [0.4, 0.5) is 5.69 Å². The number of hydrogen-bond acceptors (Lipinski definition) is 2. The number of unbranched alkanes of at least 4 members (excludes halogenated alkanes) is 2. The third kappa shape index (κ3) is 6.72. The van der Waals surface area contributed by atoms with Gasteiger partial charge >= 0.3 is 0 Å². The van der Waals surface area contributed by atoms with E-state index in [0.29, 0.717) is 23.2 Å². The van der Waals surface area contributed by atoms with Gasteiger partial charge in [-0.1, -0.05) is 71.9 Å². The molecule has 0 radical (unpaired) electrons. The second-order valence-corrected chi connectivity index (χ2v) is 7.17. The molecule has 0 saturated heterocycles. The molecular weight excluding hydrogens is 308 g/mol. The van der Waals surface area contributed by atoms with Crippen molar-refractivity contribution < 1.29 is 4.79 Å².